The van der Waals surface area contributed by atoms with Gasteiger partial charge in [0.05, 0.1) is 22.3 Å². The minimum Gasteiger partial charge on any atom is -0.299 e. The lowest BCUT2D eigenvalue weighted by atomic mass is 9.72. The highest BCUT2D eigenvalue weighted by Gasteiger charge is 2.46. The summed E-state index contributed by atoms with van der Waals surface area (Å²) >= 11 is 3.47. The Morgan fingerprint density at radius 1 is 1.08 bits per heavy atom. The first-order valence-corrected chi connectivity index (χ1v) is 10.7. The van der Waals surface area contributed by atoms with Crippen LogP contribution in [0.5, 0.6) is 0 Å². The summed E-state index contributed by atoms with van der Waals surface area (Å²) in [6.45, 7) is 0. The molecule has 0 N–H and O–H groups in total. The second kappa shape index (κ2) is 5.92. The van der Waals surface area contributed by atoms with Crippen LogP contribution in [0.1, 0.15) is 43.6 Å². The van der Waals surface area contributed by atoms with E-state index in [0.717, 1.165) is 28.6 Å². The number of carbonyl (C=O) groups is 1. The second-order valence-electron chi connectivity index (χ2n) is 6.67. The average Bonchev–Trinajstić information content (AvgIpc) is 2.53. The molecular formula is C18H18BrNO3S. The fourth-order valence-electron chi connectivity index (χ4n) is 4.14. The summed E-state index contributed by atoms with van der Waals surface area (Å²) in [7, 11) is -3.36. The molecule has 6 heteroatoms. The molecule has 1 fully saturated rings. The fraction of sp³-hybridized carbons (Fsp3) is 0.444. The molecule has 1 saturated carbocycles. The molecule has 126 valence electrons. The van der Waals surface area contributed by atoms with Crippen LogP contribution in [0, 0.1) is 5.92 Å². The van der Waals surface area contributed by atoms with Crippen molar-refractivity contribution in [1.29, 1.82) is 0 Å². The van der Waals surface area contributed by atoms with Gasteiger partial charge in [0, 0.05) is 22.5 Å². The van der Waals surface area contributed by atoms with Gasteiger partial charge < -0.3 is 0 Å². The molecule has 0 spiro atoms. The number of nitrogens with zero attached hydrogens (tertiary/aromatic N) is 1. The first kappa shape index (κ1) is 16.2. The Hall–Kier alpha value is -1.27. The smallest absolute Gasteiger partial charge is 0.177 e. The molecule has 24 heavy (non-hydrogen) atoms. The molecule has 1 aromatic carbocycles. The van der Waals surface area contributed by atoms with Gasteiger partial charge in [-0.15, -0.1) is 0 Å². The van der Waals surface area contributed by atoms with Crippen LogP contribution in [-0.4, -0.2) is 25.7 Å². The molecule has 2 aliphatic heterocycles. The summed E-state index contributed by atoms with van der Waals surface area (Å²) in [4.78, 5) is 17.7. The van der Waals surface area contributed by atoms with Gasteiger partial charge in [0.25, 0.3) is 0 Å². The number of aliphatic imine (C=N–C) groups is 1. The maximum Gasteiger partial charge on any atom is 0.177 e. The van der Waals surface area contributed by atoms with Crippen molar-refractivity contribution in [2.45, 2.75) is 38.0 Å². The zero-order valence-corrected chi connectivity index (χ0v) is 15.6. The number of allylic oxidation sites excluding steroid dienone is 2. The lowest BCUT2D eigenvalue weighted by Gasteiger charge is -2.38. The van der Waals surface area contributed by atoms with E-state index in [-0.39, 0.29) is 11.5 Å². The minimum atomic E-state index is -3.36. The quantitative estimate of drug-likeness (QED) is 0.711. The topological polar surface area (TPSA) is 63.6 Å². The van der Waals surface area contributed by atoms with E-state index in [4.69, 9.17) is 0 Å². The molecule has 4 nitrogen and oxygen atoms in total. The van der Waals surface area contributed by atoms with Gasteiger partial charge in [0.2, 0.25) is 0 Å². The van der Waals surface area contributed by atoms with Gasteiger partial charge in [-0.25, -0.2) is 8.42 Å². The number of Topliss-reactive ketones (excluding diaryl/α,β-unsaturated/α-hetero) is 1. The van der Waals surface area contributed by atoms with Gasteiger partial charge >= 0.3 is 0 Å². The number of fused-ring (bicyclic) bond motifs is 1. The van der Waals surface area contributed by atoms with Crippen molar-refractivity contribution in [1.82, 2.24) is 0 Å². The Balaban J connectivity index is 1.96. The van der Waals surface area contributed by atoms with Crippen molar-refractivity contribution in [2.75, 3.05) is 5.75 Å². The molecule has 1 aromatic rings. The van der Waals surface area contributed by atoms with E-state index in [1.54, 1.807) is 0 Å². The summed E-state index contributed by atoms with van der Waals surface area (Å²) in [6.07, 6.45) is 3.41. The summed E-state index contributed by atoms with van der Waals surface area (Å²) in [6, 6.07) is 7.67. The van der Waals surface area contributed by atoms with Crippen LogP contribution in [0.4, 0.5) is 0 Å². The van der Waals surface area contributed by atoms with Crippen LogP contribution in [0.25, 0.3) is 0 Å². The van der Waals surface area contributed by atoms with Crippen LogP contribution in [0.15, 0.2) is 44.3 Å². The third-order valence-electron chi connectivity index (χ3n) is 5.11. The molecule has 2 atom stereocenters. The molecule has 0 aromatic heterocycles. The SMILES string of the molecule is O=C1CCCC2=NC3=C(C(c4cccc(Br)c4)C12)S(=O)(=O)CCC3. The van der Waals surface area contributed by atoms with Crippen molar-refractivity contribution in [3.05, 3.63) is 44.9 Å². The first-order chi connectivity index (χ1) is 11.5. The van der Waals surface area contributed by atoms with E-state index in [1.165, 1.54) is 0 Å². The Morgan fingerprint density at radius 2 is 1.92 bits per heavy atom. The Morgan fingerprint density at radius 3 is 2.71 bits per heavy atom. The van der Waals surface area contributed by atoms with Crippen molar-refractivity contribution < 1.29 is 13.2 Å². The molecule has 2 unspecified atom stereocenters. The van der Waals surface area contributed by atoms with E-state index in [0.29, 0.717) is 29.9 Å². The molecule has 0 amide bonds. The normalized spacial score (nSPS) is 28.9. The third kappa shape index (κ3) is 2.60. The summed E-state index contributed by atoms with van der Waals surface area (Å²) in [5, 5.41) is 0. The van der Waals surface area contributed by atoms with Crippen LogP contribution < -0.4 is 0 Å². The van der Waals surface area contributed by atoms with Crippen molar-refractivity contribution in [2.24, 2.45) is 10.9 Å². The molecule has 1 aliphatic carbocycles. The fourth-order valence-corrected chi connectivity index (χ4v) is 6.47. The number of hydrogen-bond donors (Lipinski definition) is 0. The summed E-state index contributed by atoms with van der Waals surface area (Å²) in [5.74, 6) is -0.553. The Bertz CT molecular complexity index is 885. The zero-order chi connectivity index (χ0) is 16.9. The molecule has 0 saturated heterocycles. The third-order valence-corrected chi connectivity index (χ3v) is 7.59. The number of ketones is 1. The molecule has 2 heterocycles. The van der Waals surface area contributed by atoms with Crippen molar-refractivity contribution in [3.8, 4) is 0 Å². The van der Waals surface area contributed by atoms with Crippen LogP contribution in [-0.2, 0) is 14.6 Å². The van der Waals surface area contributed by atoms with E-state index in [1.807, 2.05) is 24.3 Å². The maximum atomic E-state index is 12.8. The van der Waals surface area contributed by atoms with E-state index in [9.17, 15) is 13.2 Å². The largest absolute Gasteiger partial charge is 0.299 e. The zero-order valence-electron chi connectivity index (χ0n) is 13.2. The highest BCUT2D eigenvalue weighted by Crippen LogP contribution is 2.47. The van der Waals surface area contributed by atoms with Crippen LogP contribution >= 0.6 is 15.9 Å². The highest BCUT2D eigenvalue weighted by atomic mass is 79.9. The summed E-state index contributed by atoms with van der Waals surface area (Å²) < 4.78 is 26.5. The minimum absolute atomic E-state index is 0.122. The summed E-state index contributed by atoms with van der Waals surface area (Å²) in [5.41, 5.74) is 2.45. The Labute approximate surface area is 150 Å². The van der Waals surface area contributed by atoms with Gasteiger partial charge in [0.1, 0.15) is 5.78 Å². The number of hydrogen-bond acceptors (Lipinski definition) is 4. The van der Waals surface area contributed by atoms with Gasteiger partial charge in [-0.05, 0) is 43.4 Å². The van der Waals surface area contributed by atoms with Gasteiger partial charge in [-0.3, -0.25) is 9.79 Å². The van der Waals surface area contributed by atoms with Gasteiger partial charge in [-0.2, -0.15) is 0 Å². The van der Waals surface area contributed by atoms with Gasteiger partial charge in [-0.1, -0.05) is 28.1 Å². The molecule has 3 aliphatic rings. The number of benzene rings is 1. The van der Waals surface area contributed by atoms with Crippen molar-refractivity contribution in [3.63, 3.8) is 0 Å². The molecule has 0 radical (unpaired) electrons. The number of halogens is 1. The van der Waals surface area contributed by atoms with E-state index in [2.05, 4.69) is 20.9 Å². The Kier molecular flexibility index (Phi) is 4.00. The predicted molar refractivity (Wildman–Crippen MR) is 96.7 cm³/mol. The second-order valence-corrected chi connectivity index (χ2v) is 9.66. The molecular weight excluding hydrogens is 390 g/mol. The first-order valence-electron chi connectivity index (χ1n) is 8.29. The van der Waals surface area contributed by atoms with E-state index >= 15 is 0 Å². The van der Waals surface area contributed by atoms with Crippen molar-refractivity contribution >= 4 is 37.3 Å². The van der Waals surface area contributed by atoms with Crippen LogP contribution in [0.3, 0.4) is 0 Å². The van der Waals surface area contributed by atoms with Gasteiger partial charge in [0.15, 0.2) is 9.84 Å². The molecule has 0 bridgehead atoms. The lowest BCUT2D eigenvalue weighted by Crippen LogP contribution is -2.40. The predicted octanol–water partition coefficient (Wildman–Crippen LogP) is 3.78. The number of sulfone groups is 1. The maximum absolute atomic E-state index is 12.8. The number of rotatable bonds is 1. The standard InChI is InChI=1S/C18H18BrNO3S/c19-12-5-1-4-11(10-12)16-17-13(6-2-8-15(17)21)20-14-7-3-9-24(22,23)18(14)16/h1,4-5,10,16-17H,2-3,6-9H2. The lowest BCUT2D eigenvalue weighted by molar-refractivity contribution is -0.121. The average molecular weight is 408 g/mol. The monoisotopic (exact) mass is 407 g/mol. The highest BCUT2D eigenvalue weighted by molar-refractivity contribution is 9.10. The molecule has 4 rings (SSSR count). The number of carbonyl (C=O) groups excluding carboxylic acids is 1. The van der Waals surface area contributed by atoms with Crippen LogP contribution in [0.2, 0.25) is 0 Å². The van der Waals surface area contributed by atoms with E-state index < -0.39 is 21.7 Å².